The Hall–Kier alpha value is -2.57. The number of carbonyl (C=O) groups excluding carboxylic acids is 3. The highest BCUT2D eigenvalue weighted by atomic mass is 16.5. The van der Waals surface area contributed by atoms with Crippen molar-refractivity contribution in [2.24, 2.45) is 0 Å². The second-order valence-corrected chi connectivity index (χ2v) is 5.26. The van der Waals surface area contributed by atoms with Gasteiger partial charge in [0, 0.05) is 17.9 Å². The fourth-order valence-electron chi connectivity index (χ4n) is 2.19. The first-order valence-corrected chi connectivity index (χ1v) is 7.73. The van der Waals surface area contributed by atoms with Crippen LogP contribution in [0.1, 0.15) is 35.6 Å². The van der Waals surface area contributed by atoms with Crippen LogP contribution in [-0.2, 0) is 25.6 Å². The maximum atomic E-state index is 12.1. The first-order chi connectivity index (χ1) is 11.3. The van der Waals surface area contributed by atoms with Crippen LogP contribution in [0.15, 0.2) is 18.7 Å². The fraction of sp³-hybridized carbons (Fsp3) is 0.471. The fourth-order valence-corrected chi connectivity index (χ4v) is 2.19. The average molecular weight is 336 g/mol. The lowest BCUT2D eigenvalue weighted by atomic mass is 10.2. The Morgan fingerprint density at radius 1 is 1.38 bits per heavy atom. The molecule has 132 valence electrons. The molecule has 0 unspecified atom stereocenters. The number of esters is 2. The number of ether oxygens (including phenoxy) is 2. The zero-order valence-electron chi connectivity index (χ0n) is 14.5. The molecule has 1 aromatic heterocycles. The number of hydrogen-bond donors (Lipinski definition) is 1. The van der Waals surface area contributed by atoms with Gasteiger partial charge in [0.05, 0.1) is 12.2 Å². The molecule has 0 bridgehead atoms. The molecule has 24 heavy (non-hydrogen) atoms. The van der Waals surface area contributed by atoms with Gasteiger partial charge in [0.25, 0.3) is 5.91 Å². The van der Waals surface area contributed by atoms with E-state index in [9.17, 15) is 14.4 Å². The number of aromatic nitrogens is 1. The lowest BCUT2D eigenvalue weighted by molar-refractivity contribution is -0.155. The molecule has 1 heterocycles. The van der Waals surface area contributed by atoms with Crippen LogP contribution in [0.3, 0.4) is 0 Å². The molecule has 0 radical (unpaired) electrons. The zero-order valence-corrected chi connectivity index (χ0v) is 14.5. The van der Waals surface area contributed by atoms with Crippen molar-refractivity contribution in [1.29, 1.82) is 0 Å². The molecule has 0 spiro atoms. The minimum Gasteiger partial charge on any atom is -0.462 e. The van der Waals surface area contributed by atoms with E-state index in [0.717, 1.165) is 5.69 Å². The van der Waals surface area contributed by atoms with E-state index in [1.54, 1.807) is 31.4 Å². The first kappa shape index (κ1) is 19.5. The number of nitrogens with one attached hydrogen (secondary N) is 1. The van der Waals surface area contributed by atoms with Gasteiger partial charge in [-0.2, -0.15) is 0 Å². The lowest BCUT2D eigenvalue weighted by Gasteiger charge is -2.14. The van der Waals surface area contributed by atoms with Crippen LogP contribution in [0.2, 0.25) is 0 Å². The molecule has 1 N–H and O–H groups in total. The highest BCUT2D eigenvalue weighted by molar-refractivity contribution is 5.91. The lowest BCUT2D eigenvalue weighted by Crippen LogP contribution is -2.36. The Kier molecular flexibility index (Phi) is 7.23. The van der Waals surface area contributed by atoms with Crippen molar-refractivity contribution >= 4 is 17.8 Å². The van der Waals surface area contributed by atoms with Crippen molar-refractivity contribution in [1.82, 2.24) is 9.88 Å². The minimum atomic E-state index is -0.904. The van der Waals surface area contributed by atoms with Crippen LogP contribution >= 0.6 is 0 Å². The maximum absolute atomic E-state index is 12.1. The van der Waals surface area contributed by atoms with Gasteiger partial charge in [-0.05, 0) is 33.8 Å². The Balaban J connectivity index is 2.75. The van der Waals surface area contributed by atoms with Crippen LogP contribution in [-0.4, -0.2) is 41.7 Å². The molecule has 1 amide bonds. The van der Waals surface area contributed by atoms with E-state index in [2.05, 4.69) is 11.9 Å². The van der Waals surface area contributed by atoms with Gasteiger partial charge in [-0.25, -0.2) is 4.79 Å². The third-order valence-corrected chi connectivity index (χ3v) is 3.45. The summed E-state index contributed by atoms with van der Waals surface area (Å²) >= 11 is 0. The summed E-state index contributed by atoms with van der Waals surface area (Å²) in [7, 11) is 0. The van der Waals surface area contributed by atoms with Crippen LogP contribution in [0, 0.1) is 13.8 Å². The topological polar surface area (TPSA) is 86.6 Å². The maximum Gasteiger partial charge on any atom is 0.339 e. The largest absolute Gasteiger partial charge is 0.462 e. The molecule has 7 nitrogen and oxygen atoms in total. The molecular weight excluding hydrogens is 312 g/mol. The Bertz CT molecular complexity index is 633. The quantitative estimate of drug-likeness (QED) is 0.574. The third kappa shape index (κ3) is 4.97. The summed E-state index contributed by atoms with van der Waals surface area (Å²) in [5, 5.41) is 2.55. The third-order valence-electron chi connectivity index (χ3n) is 3.45. The first-order valence-electron chi connectivity index (χ1n) is 7.73. The number of rotatable bonds is 8. The number of amides is 1. The van der Waals surface area contributed by atoms with E-state index in [1.165, 1.54) is 13.0 Å². The number of nitrogens with zero attached hydrogens (tertiary/aromatic N) is 1. The van der Waals surface area contributed by atoms with Crippen molar-refractivity contribution in [3.8, 4) is 0 Å². The summed E-state index contributed by atoms with van der Waals surface area (Å²) in [5.74, 6) is -1.38. The molecule has 7 heteroatoms. The second-order valence-electron chi connectivity index (χ2n) is 5.26. The Labute approximate surface area is 141 Å². The van der Waals surface area contributed by atoms with Crippen molar-refractivity contribution in [3.05, 3.63) is 35.7 Å². The van der Waals surface area contributed by atoms with E-state index in [1.807, 2.05) is 0 Å². The van der Waals surface area contributed by atoms with Gasteiger partial charge in [0.1, 0.15) is 6.54 Å². The summed E-state index contributed by atoms with van der Waals surface area (Å²) in [5.41, 5.74) is 1.77. The molecule has 1 atom stereocenters. The molecule has 0 fully saturated rings. The highest BCUT2D eigenvalue weighted by Crippen LogP contribution is 2.16. The SMILES string of the molecule is C=CCNC(=O)[C@H](C)OC(=O)Cn1c(C)cc(C(=O)OCC)c1C. The van der Waals surface area contributed by atoms with Gasteiger partial charge in [-0.1, -0.05) is 6.08 Å². The number of hydrogen-bond acceptors (Lipinski definition) is 5. The van der Waals surface area contributed by atoms with Crippen molar-refractivity contribution in [3.63, 3.8) is 0 Å². The van der Waals surface area contributed by atoms with Gasteiger partial charge < -0.3 is 19.4 Å². The van der Waals surface area contributed by atoms with Gasteiger partial charge >= 0.3 is 11.9 Å². The van der Waals surface area contributed by atoms with Gasteiger partial charge in [0.2, 0.25) is 0 Å². The van der Waals surface area contributed by atoms with Crippen LogP contribution in [0.4, 0.5) is 0 Å². The normalized spacial score (nSPS) is 11.5. The van der Waals surface area contributed by atoms with Crippen LogP contribution in [0.5, 0.6) is 0 Å². The van der Waals surface area contributed by atoms with Gasteiger partial charge in [0.15, 0.2) is 6.10 Å². The van der Waals surface area contributed by atoms with Crippen LogP contribution < -0.4 is 5.32 Å². The molecule has 0 aliphatic rings. The van der Waals surface area contributed by atoms with E-state index in [4.69, 9.17) is 9.47 Å². The summed E-state index contributed by atoms with van der Waals surface area (Å²) < 4.78 is 11.8. The van der Waals surface area contributed by atoms with Gasteiger partial charge in [-0.15, -0.1) is 6.58 Å². The highest BCUT2D eigenvalue weighted by Gasteiger charge is 2.21. The van der Waals surface area contributed by atoms with Crippen molar-refractivity contribution in [2.45, 2.75) is 40.3 Å². The van der Waals surface area contributed by atoms with Gasteiger partial charge in [-0.3, -0.25) is 9.59 Å². The van der Waals surface area contributed by atoms with E-state index < -0.39 is 23.9 Å². The average Bonchev–Trinajstić information content (AvgIpc) is 2.80. The van der Waals surface area contributed by atoms with E-state index in [0.29, 0.717) is 17.8 Å². The monoisotopic (exact) mass is 336 g/mol. The Morgan fingerprint density at radius 3 is 2.62 bits per heavy atom. The molecule has 0 aromatic carbocycles. The summed E-state index contributed by atoms with van der Waals surface area (Å²) in [6, 6.07) is 1.67. The smallest absolute Gasteiger partial charge is 0.339 e. The molecule has 0 saturated carbocycles. The van der Waals surface area contributed by atoms with E-state index in [-0.39, 0.29) is 13.2 Å². The Morgan fingerprint density at radius 2 is 2.04 bits per heavy atom. The standard InChI is InChI=1S/C17H24N2O5/c1-6-8-18-16(21)13(5)24-15(20)10-19-11(3)9-14(12(19)4)17(22)23-7-2/h6,9,13H,1,7-8,10H2,2-5H3,(H,18,21)/t13-/m0/s1. The molecule has 0 aliphatic heterocycles. The predicted octanol–water partition coefficient (Wildman–Crippen LogP) is 1.52. The van der Waals surface area contributed by atoms with Crippen LogP contribution in [0.25, 0.3) is 0 Å². The second kappa shape index (κ2) is 8.90. The molecule has 1 aromatic rings. The number of carbonyl (C=O) groups is 3. The molecule has 1 rings (SSSR count). The number of aryl methyl sites for hydroxylation is 1. The summed E-state index contributed by atoms with van der Waals surface area (Å²) in [6.45, 7) is 10.7. The molecule has 0 saturated heterocycles. The molecular formula is C17H24N2O5. The van der Waals surface area contributed by atoms with E-state index >= 15 is 0 Å². The molecule has 0 aliphatic carbocycles. The summed E-state index contributed by atoms with van der Waals surface area (Å²) in [6.07, 6.45) is 0.633. The van der Waals surface area contributed by atoms with Crippen molar-refractivity contribution < 1.29 is 23.9 Å². The summed E-state index contributed by atoms with van der Waals surface area (Å²) in [4.78, 5) is 35.6. The zero-order chi connectivity index (χ0) is 18.3. The predicted molar refractivity (Wildman–Crippen MR) is 88.6 cm³/mol. The van der Waals surface area contributed by atoms with Crippen molar-refractivity contribution in [2.75, 3.05) is 13.2 Å². The minimum absolute atomic E-state index is 0.0872.